The molecule has 0 spiro atoms. The minimum atomic E-state index is 0.530. The Morgan fingerprint density at radius 3 is 2.84 bits per heavy atom. The molecule has 0 saturated heterocycles. The minimum Gasteiger partial charge on any atom is -0.437 e. The lowest BCUT2D eigenvalue weighted by atomic mass is 10.3. The van der Waals surface area contributed by atoms with Gasteiger partial charge in [-0.3, -0.25) is 4.98 Å². The Balaban J connectivity index is 2.20. The van der Waals surface area contributed by atoms with Crippen LogP contribution in [0.4, 0.5) is 5.82 Å². The van der Waals surface area contributed by atoms with Gasteiger partial charge in [0.15, 0.2) is 5.75 Å². The third-order valence-corrected chi connectivity index (χ3v) is 2.54. The van der Waals surface area contributed by atoms with Crippen molar-refractivity contribution in [3.8, 4) is 11.6 Å². The zero-order chi connectivity index (χ0) is 13.7. The summed E-state index contributed by atoms with van der Waals surface area (Å²) < 4.78 is 5.76. The lowest BCUT2D eigenvalue weighted by molar-refractivity contribution is 0.454. The molecule has 19 heavy (non-hydrogen) atoms. The van der Waals surface area contributed by atoms with Gasteiger partial charge in [0.1, 0.15) is 11.6 Å². The van der Waals surface area contributed by atoms with Gasteiger partial charge < -0.3 is 10.1 Å². The van der Waals surface area contributed by atoms with Crippen LogP contribution in [0.2, 0.25) is 0 Å². The van der Waals surface area contributed by atoms with Crippen molar-refractivity contribution < 1.29 is 4.74 Å². The van der Waals surface area contributed by atoms with E-state index in [2.05, 4.69) is 27.2 Å². The summed E-state index contributed by atoms with van der Waals surface area (Å²) in [6, 6.07) is 5.51. The van der Waals surface area contributed by atoms with E-state index in [1.807, 2.05) is 26.0 Å². The van der Waals surface area contributed by atoms with Crippen LogP contribution in [0.5, 0.6) is 11.6 Å². The molecule has 0 aliphatic carbocycles. The summed E-state index contributed by atoms with van der Waals surface area (Å²) in [5.41, 5.74) is 0.835. The van der Waals surface area contributed by atoms with E-state index < -0.39 is 0 Å². The Morgan fingerprint density at radius 2 is 2.11 bits per heavy atom. The molecule has 1 N–H and O–H groups in total. The van der Waals surface area contributed by atoms with Gasteiger partial charge in [0.05, 0.1) is 5.69 Å². The average Bonchev–Trinajstić information content (AvgIpc) is 2.38. The monoisotopic (exact) mass is 258 g/mol. The van der Waals surface area contributed by atoms with E-state index in [4.69, 9.17) is 4.74 Å². The highest BCUT2D eigenvalue weighted by Crippen LogP contribution is 2.23. The number of hydrogen-bond donors (Lipinski definition) is 1. The van der Waals surface area contributed by atoms with Crippen LogP contribution in [0.1, 0.15) is 24.9 Å². The molecule has 0 aliphatic rings. The predicted octanol–water partition coefficient (Wildman–Crippen LogP) is 3.10. The predicted molar refractivity (Wildman–Crippen MR) is 74.6 cm³/mol. The highest BCUT2D eigenvalue weighted by atomic mass is 16.5. The molecule has 0 atom stereocenters. The van der Waals surface area contributed by atoms with E-state index in [-0.39, 0.29) is 0 Å². The molecule has 0 radical (unpaired) electrons. The fraction of sp³-hybridized carbons (Fsp3) is 0.357. The van der Waals surface area contributed by atoms with E-state index in [9.17, 15) is 0 Å². The molecule has 5 nitrogen and oxygen atoms in total. The molecule has 0 aromatic carbocycles. The topological polar surface area (TPSA) is 59.9 Å². The fourth-order valence-corrected chi connectivity index (χ4v) is 1.63. The van der Waals surface area contributed by atoms with Crippen LogP contribution < -0.4 is 10.1 Å². The van der Waals surface area contributed by atoms with Crippen molar-refractivity contribution >= 4 is 5.82 Å². The van der Waals surface area contributed by atoms with Gasteiger partial charge in [-0.15, -0.1) is 0 Å². The quantitative estimate of drug-likeness (QED) is 0.893. The van der Waals surface area contributed by atoms with Crippen LogP contribution in [-0.4, -0.2) is 21.5 Å². The van der Waals surface area contributed by atoms with E-state index in [1.165, 1.54) is 0 Å². The molecule has 2 heterocycles. The molecule has 0 aliphatic heterocycles. The Morgan fingerprint density at radius 1 is 1.26 bits per heavy atom. The SMILES string of the molecule is CCCNc1cc(Oc2cccnc2C)nc(C)n1. The fourth-order valence-electron chi connectivity index (χ4n) is 1.63. The molecule has 0 fully saturated rings. The molecule has 2 aromatic heterocycles. The van der Waals surface area contributed by atoms with Crippen LogP contribution in [0, 0.1) is 13.8 Å². The largest absolute Gasteiger partial charge is 0.437 e. The van der Waals surface area contributed by atoms with Gasteiger partial charge in [-0.05, 0) is 32.4 Å². The molecule has 0 unspecified atom stereocenters. The maximum absolute atomic E-state index is 5.76. The summed E-state index contributed by atoms with van der Waals surface area (Å²) in [6.45, 7) is 6.74. The molecule has 0 amide bonds. The van der Waals surface area contributed by atoms with E-state index in [1.54, 1.807) is 12.3 Å². The molecule has 5 heteroatoms. The van der Waals surface area contributed by atoms with Gasteiger partial charge in [-0.25, -0.2) is 4.98 Å². The number of nitrogens with one attached hydrogen (secondary N) is 1. The first-order valence-corrected chi connectivity index (χ1v) is 6.38. The zero-order valence-electron chi connectivity index (χ0n) is 11.5. The number of ether oxygens (including phenoxy) is 1. The van der Waals surface area contributed by atoms with Crippen LogP contribution in [0.25, 0.3) is 0 Å². The molecular weight excluding hydrogens is 240 g/mol. The molecule has 2 rings (SSSR count). The van der Waals surface area contributed by atoms with Crippen molar-refractivity contribution in [1.29, 1.82) is 0 Å². The zero-order valence-corrected chi connectivity index (χ0v) is 11.5. The van der Waals surface area contributed by atoms with E-state index in [0.29, 0.717) is 17.5 Å². The van der Waals surface area contributed by atoms with Crippen LogP contribution in [0.15, 0.2) is 24.4 Å². The summed E-state index contributed by atoms with van der Waals surface area (Å²) in [6.07, 6.45) is 2.78. The maximum atomic E-state index is 5.76. The maximum Gasteiger partial charge on any atom is 0.224 e. The van der Waals surface area contributed by atoms with E-state index in [0.717, 1.165) is 24.5 Å². The van der Waals surface area contributed by atoms with Crippen LogP contribution >= 0.6 is 0 Å². The number of rotatable bonds is 5. The first-order chi connectivity index (χ1) is 9.19. The van der Waals surface area contributed by atoms with E-state index >= 15 is 0 Å². The summed E-state index contributed by atoms with van der Waals surface area (Å²) >= 11 is 0. The molecule has 2 aromatic rings. The standard InChI is InChI=1S/C14H18N4O/c1-4-7-16-13-9-14(18-11(3)17-13)19-12-6-5-8-15-10(12)2/h5-6,8-9H,4,7H2,1-3H3,(H,16,17,18). The second-order valence-corrected chi connectivity index (χ2v) is 4.25. The van der Waals surface area contributed by atoms with Gasteiger partial charge in [0.2, 0.25) is 5.88 Å². The number of aromatic nitrogens is 3. The lowest BCUT2D eigenvalue weighted by Gasteiger charge is -2.09. The summed E-state index contributed by atoms with van der Waals surface area (Å²) in [7, 11) is 0. The number of nitrogens with zero attached hydrogens (tertiary/aromatic N) is 3. The second kappa shape index (κ2) is 6.13. The van der Waals surface area contributed by atoms with Gasteiger partial charge in [-0.1, -0.05) is 6.92 Å². The minimum absolute atomic E-state index is 0.530. The van der Waals surface area contributed by atoms with Gasteiger partial charge in [0, 0.05) is 18.8 Å². The first-order valence-electron chi connectivity index (χ1n) is 6.38. The lowest BCUT2D eigenvalue weighted by Crippen LogP contribution is -2.04. The molecular formula is C14H18N4O. The Labute approximate surface area is 113 Å². The van der Waals surface area contributed by atoms with Crippen molar-refractivity contribution in [2.75, 3.05) is 11.9 Å². The summed E-state index contributed by atoms with van der Waals surface area (Å²) in [5.74, 6) is 2.70. The highest BCUT2D eigenvalue weighted by Gasteiger charge is 2.06. The molecule has 0 saturated carbocycles. The van der Waals surface area contributed by atoms with Crippen LogP contribution in [-0.2, 0) is 0 Å². The average molecular weight is 258 g/mol. The van der Waals surface area contributed by atoms with Crippen molar-refractivity contribution in [1.82, 2.24) is 15.0 Å². The number of aryl methyl sites for hydroxylation is 2. The van der Waals surface area contributed by atoms with Crippen molar-refractivity contribution in [2.24, 2.45) is 0 Å². The van der Waals surface area contributed by atoms with Gasteiger partial charge >= 0.3 is 0 Å². The number of hydrogen-bond acceptors (Lipinski definition) is 5. The van der Waals surface area contributed by atoms with Crippen molar-refractivity contribution in [3.05, 3.63) is 35.9 Å². The van der Waals surface area contributed by atoms with Crippen molar-refractivity contribution in [3.63, 3.8) is 0 Å². The smallest absolute Gasteiger partial charge is 0.224 e. The Bertz CT molecular complexity index is 557. The summed E-state index contributed by atoms with van der Waals surface area (Å²) in [5, 5.41) is 3.23. The second-order valence-electron chi connectivity index (χ2n) is 4.25. The Hall–Kier alpha value is -2.17. The van der Waals surface area contributed by atoms with Gasteiger partial charge in [-0.2, -0.15) is 4.98 Å². The number of anilines is 1. The third kappa shape index (κ3) is 3.64. The van der Waals surface area contributed by atoms with Gasteiger partial charge in [0.25, 0.3) is 0 Å². The normalized spacial score (nSPS) is 10.3. The Kier molecular flexibility index (Phi) is 4.28. The third-order valence-electron chi connectivity index (χ3n) is 2.54. The first kappa shape index (κ1) is 13.3. The highest BCUT2D eigenvalue weighted by molar-refractivity contribution is 5.40. The molecule has 100 valence electrons. The summed E-state index contributed by atoms with van der Waals surface area (Å²) in [4.78, 5) is 12.8. The number of pyridine rings is 1. The van der Waals surface area contributed by atoms with Crippen molar-refractivity contribution in [2.45, 2.75) is 27.2 Å². The molecule has 0 bridgehead atoms. The van der Waals surface area contributed by atoms with Crippen LogP contribution in [0.3, 0.4) is 0 Å².